The molecule has 0 aliphatic carbocycles. The Kier molecular flexibility index (Phi) is 6.33. The first-order valence-electron chi connectivity index (χ1n) is 5.66. The summed E-state index contributed by atoms with van der Waals surface area (Å²) in [5.74, 6) is 0. The zero-order valence-electron chi connectivity index (χ0n) is 10.3. The topological polar surface area (TPSA) is 38.0 Å². The Bertz CT molecular complexity index is 185. The Hall–Kier alpha value is -0.290. The normalized spacial score (nSPS) is 15.2. The monoisotopic (exact) mass is 240 g/mol. The van der Waals surface area contributed by atoms with Gasteiger partial charge in [0.2, 0.25) is 0 Å². The van der Waals surface area contributed by atoms with Crippen LogP contribution in [0.15, 0.2) is 0 Å². The lowest BCUT2D eigenvalue weighted by molar-refractivity contribution is -0.135. The van der Waals surface area contributed by atoms with E-state index in [0.29, 0.717) is 19.5 Å². The molecule has 0 radical (unpaired) electrons. The lowest BCUT2D eigenvalue weighted by Gasteiger charge is -2.27. The number of rotatable bonds is 6. The van der Waals surface area contributed by atoms with Crippen LogP contribution in [-0.2, 0) is 0 Å². The lowest BCUT2D eigenvalue weighted by atomic mass is 9.87. The lowest BCUT2D eigenvalue weighted by Crippen LogP contribution is -2.43. The van der Waals surface area contributed by atoms with Crippen LogP contribution in [0, 0.1) is 5.41 Å². The summed E-state index contributed by atoms with van der Waals surface area (Å²) in [6.07, 6.45) is -4.00. The molecule has 0 aromatic rings. The second kappa shape index (κ2) is 6.45. The van der Waals surface area contributed by atoms with Crippen LogP contribution in [-0.4, -0.2) is 25.3 Å². The summed E-state index contributed by atoms with van der Waals surface area (Å²) in [5.41, 5.74) is 5.92. The van der Waals surface area contributed by atoms with Crippen molar-refractivity contribution in [2.24, 2.45) is 11.1 Å². The molecular formula is C11H23F3N2. The molecule has 0 aromatic heterocycles. The molecule has 16 heavy (non-hydrogen) atoms. The first kappa shape index (κ1) is 15.7. The second-order valence-corrected chi connectivity index (χ2v) is 5.25. The number of hydrogen-bond acceptors (Lipinski definition) is 2. The molecule has 0 amide bonds. The van der Waals surface area contributed by atoms with Gasteiger partial charge in [0.1, 0.15) is 0 Å². The summed E-state index contributed by atoms with van der Waals surface area (Å²) in [4.78, 5) is 0. The van der Waals surface area contributed by atoms with Gasteiger partial charge < -0.3 is 11.1 Å². The van der Waals surface area contributed by atoms with Crippen molar-refractivity contribution < 1.29 is 13.2 Å². The molecule has 98 valence electrons. The van der Waals surface area contributed by atoms with Gasteiger partial charge in [-0.25, -0.2) is 0 Å². The van der Waals surface area contributed by atoms with Crippen LogP contribution >= 0.6 is 0 Å². The van der Waals surface area contributed by atoms with E-state index in [1.807, 2.05) is 20.8 Å². The van der Waals surface area contributed by atoms with Crippen LogP contribution in [0.3, 0.4) is 0 Å². The maximum Gasteiger partial charge on any atom is 0.389 e. The molecule has 0 aromatic carbocycles. The average molecular weight is 240 g/mol. The van der Waals surface area contributed by atoms with Crippen molar-refractivity contribution in [1.82, 2.24) is 5.32 Å². The maximum atomic E-state index is 11.8. The van der Waals surface area contributed by atoms with E-state index in [1.54, 1.807) is 0 Å². The molecule has 0 fully saturated rings. The van der Waals surface area contributed by atoms with E-state index in [-0.39, 0.29) is 17.9 Å². The summed E-state index contributed by atoms with van der Waals surface area (Å²) in [5, 5.41) is 3.09. The molecule has 0 saturated carbocycles. The van der Waals surface area contributed by atoms with E-state index < -0.39 is 12.6 Å². The number of hydrogen-bond donors (Lipinski definition) is 2. The number of nitrogens with two attached hydrogens (primary N) is 1. The smallest absolute Gasteiger partial charge is 0.326 e. The van der Waals surface area contributed by atoms with Gasteiger partial charge in [-0.2, -0.15) is 13.2 Å². The summed E-state index contributed by atoms with van der Waals surface area (Å²) < 4.78 is 35.4. The molecule has 0 heterocycles. The van der Waals surface area contributed by atoms with Crippen LogP contribution in [0.2, 0.25) is 0 Å². The highest BCUT2D eigenvalue weighted by atomic mass is 19.4. The van der Waals surface area contributed by atoms with Crippen molar-refractivity contribution in [3.05, 3.63) is 0 Å². The van der Waals surface area contributed by atoms with Crippen molar-refractivity contribution in [3.63, 3.8) is 0 Å². The molecule has 1 unspecified atom stereocenters. The molecule has 1 atom stereocenters. The number of halogens is 3. The molecule has 3 N–H and O–H groups in total. The van der Waals surface area contributed by atoms with Gasteiger partial charge in [0.05, 0.1) is 0 Å². The minimum absolute atomic E-state index is 0.0233. The molecule has 0 saturated heterocycles. The van der Waals surface area contributed by atoms with Crippen LogP contribution in [0.5, 0.6) is 0 Å². The summed E-state index contributed by atoms with van der Waals surface area (Å²) in [6.45, 7) is 7.38. The maximum absolute atomic E-state index is 11.8. The average Bonchev–Trinajstić information content (AvgIpc) is 2.07. The number of alkyl halides is 3. The predicted molar refractivity (Wildman–Crippen MR) is 60.2 cm³/mol. The molecule has 0 spiro atoms. The minimum atomic E-state index is -4.03. The Balaban J connectivity index is 3.41. The highest BCUT2D eigenvalue weighted by Crippen LogP contribution is 2.21. The first-order valence-corrected chi connectivity index (χ1v) is 5.66. The second-order valence-electron chi connectivity index (χ2n) is 5.25. The third-order valence-corrected chi connectivity index (χ3v) is 2.54. The van der Waals surface area contributed by atoms with Gasteiger partial charge in [-0.3, -0.25) is 0 Å². The fourth-order valence-corrected chi connectivity index (χ4v) is 1.14. The van der Waals surface area contributed by atoms with Crippen LogP contribution in [0.25, 0.3) is 0 Å². The third-order valence-electron chi connectivity index (χ3n) is 2.54. The highest BCUT2D eigenvalue weighted by Gasteiger charge is 2.25. The Labute approximate surface area is 95.8 Å². The van der Waals surface area contributed by atoms with E-state index in [2.05, 4.69) is 5.32 Å². The van der Waals surface area contributed by atoms with Crippen LogP contribution in [0.4, 0.5) is 13.2 Å². The molecule has 0 aliphatic heterocycles. The van der Waals surface area contributed by atoms with Gasteiger partial charge in [0.25, 0.3) is 0 Å². The zero-order chi connectivity index (χ0) is 12.8. The summed E-state index contributed by atoms with van der Waals surface area (Å²) >= 11 is 0. The third kappa shape index (κ3) is 8.97. The quantitative estimate of drug-likeness (QED) is 0.700. The largest absolute Gasteiger partial charge is 0.389 e. The van der Waals surface area contributed by atoms with Gasteiger partial charge in [-0.1, -0.05) is 20.8 Å². The Morgan fingerprint density at radius 1 is 1.12 bits per heavy atom. The summed E-state index contributed by atoms with van der Waals surface area (Å²) in [7, 11) is 0. The van der Waals surface area contributed by atoms with E-state index in [9.17, 15) is 13.2 Å². The SMILES string of the molecule is CC(C)(C)C(N)CNCCCCC(F)(F)F. The van der Waals surface area contributed by atoms with Gasteiger partial charge in [-0.05, 0) is 24.8 Å². The minimum Gasteiger partial charge on any atom is -0.326 e. The van der Waals surface area contributed by atoms with E-state index in [1.165, 1.54) is 0 Å². The Morgan fingerprint density at radius 2 is 1.69 bits per heavy atom. The van der Waals surface area contributed by atoms with E-state index in [4.69, 9.17) is 5.73 Å². The van der Waals surface area contributed by atoms with Crippen molar-refractivity contribution in [3.8, 4) is 0 Å². The van der Waals surface area contributed by atoms with Crippen LogP contribution in [0.1, 0.15) is 40.0 Å². The standard InChI is InChI=1S/C11H23F3N2/c1-10(2,3)9(15)8-16-7-5-4-6-11(12,13)14/h9,16H,4-8,15H2,1-3H3. The molecule has 2 nitrogen and oxygen atoms in total. The van der Waals surface area contributed by atoms with Gasteiger partial charge in [0, 0.05) is 19.0 Å². The van der Waals surface area contributed by atoms with Gasteiger partial charge >= 0.3 is 6.18 Å². The van der Waals surface area contributed by atoms with E-state index >= 15 is 0 Å². The molecular weight excluding hydrogens is 217 g/mol. The summed E-state index contributed by atoms with van der Waals surface area (Å²) in [6, 6.07) is 0.0233. The molecule has 0 bridgehead atoms. The fraction of sp³-hybridized carbons (Fsp3) is 1.00. The van der Waals surface area contributed by atoms with Crippen molar-refractivity contribution in [1.29, 1.82) is 0 Å². The van der Waals surface area contributed by atoms with Crippen molar-refractivity contribution in [2.75, 3.05) is 13.1 Å². The fourth-order valence-electron chi connectivity index (χ4n) is 1.14. The van der Waals surface area contributed by atoms with E-state index in [0.717, 1.165) is 0 Å². The number of unbranched alkanes of at least 4 members (excludes halogenated alkanes) is 1. The number of nitrogens with one attached hydrogen (secondary N) is 1. The molecule has 0 aliphatic rings. The predicted octanol–water partition coefficient (Wildman–Crippen LogP) is 2.68. The Morgan fingerprint density at radius 3 is 2.12 bits per heavy atom. The molecule has 5 heteroatoms. The van der Waals surface area contributed by atoms with Crippen LogP contribution < -0.4 is 11.1 Å². The van der Waals surface area contributed by atoms with Gasteiger partial charge in [0.15, 0.2) is 0 Å². The van der Waals surface area contributed by atoms with Crippen molar-refractivity contribution >= 4 is 0 Å². The van der Waals surface area contributed by atoms with Gasteiger partial charge in [-0.15, -0.1) is 0 Å². The zero-order valence-corrected chi connectivity index (χ0v) is 10.3. The molecule has 0 rings (SSSR count). The highest BCUT2D eigenvalue weighted by molar-refractivity contribution is 4.78. The van der Waals surface area contributed by atoms with Crippen molar-refractivity contribution in [2.45, 2.75) is 52.3 Å². The first-order chi connectivity index (χ1) is 7.13.